The molecule has 20 heavy (non-hydrogen) atoms. The number of benzene rings is 3. The van der Waals surface area contributed by atoms with E-state index in [2.05, 4.69) is 18.2 Å². The van der Waals surface area contributed by atoms with Crippen molar-refractivity contribution < 1.29 is 9.47 Å². The lowest BCUT2D eigenvalue weighted by Crippen LogP contribution is -1.88. The maximum absolute atomic E-state index is 5.41. The first kappa shape index (κ1) is 12.5. The number of fused-ring (bicyclic) bond motifs is 1. The standard InChI is InChI=1S/C18H15O2/c1-19-16-10-9-13-11-15(8-7-14(13)12-16)17-5-3-4-6-18(17)20-2/h3-10,12H,1-2H3. The average molecular weight is 263 g/mol. The molecule has 0 amide bonds. The molecule has 0 aliphatic rings. The second kappa shape index (κ2) is 5.25. The van der Waals surface area contributed by atoms with E-state index in [1.807, 2.05) is 42.5 Å². The SMILES string of the molecule is COc1ccc2[c]c(-c3ccccc3OC)ccc2c1. The molecule has 0 heterocycles. The highest BCUT2D eigenvalue weighted by Gasteiger charge is 2.06. The van der Waals surface area contributed by atoms with Gasteiger partial charge in [0.2, 0.25) is 0 Å². The smallest absolute Gasteiger partial charge is 0.126 e. The molecule has 3 aromatic carbocycles. The first-order chi connectivity index (χ1) is 9.81. The predicted octanol–water partition coefficient (Wildman–Crippen LogP) is 4.32. The first-order valence-corrected chi connectivity index (χ1v) is 6.45. The molecule has 0 saturated carbocycles. The quantitative estimate of drug-likeness (QED) is 0.700. The summed E-state index contributed by atoms with van der Waals surface area (Å²) in [6, 6.07) is 21.5. The summed E-state index contributed by atoms with van der Waals surface area (Å²) in [6.45, 7) is 0. The highest BCUT2D eigenvalue weighted by atomic mass is 16.5. The van der Waals surface area contributed by atoms with Crippen LogP contribution in [-0.4, -0.2) is 14.2 Å². The highest BCUT2D eigenvalue weighted by Crippen LogP contribution is 2.32. The van der Waals surface area contributed by atoms with Gasteiger partial charge in [-0.05, 0) is 40.6 Å². The number of hydrogen-bond donors (Lipinski definition) is 0. The summed E-state index contributed by atoms with van der Waals surface area (Å²) in [5, 5.41) is 2.18. The second-order valence-electron chi connectivity index (χ2n) is 4.53. The number of hydrogen-bond acceptors (Lipinski definition) is 2. The van der Waals surface area contributed by atoms with Crippen LogP contribution in [0.2, 0.25) is 0 Å². The summed E-state index contributed by atoms with van der Waals surface area (Å²) in [5.74, 6) is 1.72. The van der Waals surface area contributed by atoms with Gasteiger partial charge in [-0.15, -0.1) is 0 Å². The topological polar surface area (TPSA) is 18.5 Å². The highest BCUT2D eigenvalue weighted by molar-refractivity contribution is 5.88. The van der Waals surface area contributed by atoms with Crippen molar-refractivity contribution in [1.82, 2.24) is 0 Å². The van der Waals surface area contributed by atoms with E-state index in [0.717, 1.165) is 33.4 Å². The maximum Gasteiger partial charge on any atom is 0.126 e. The van der Waals surface area contributed by atoms with Crippen LogP contribution in [0.5, 0.6) is 11.5 Å². The Bertz CT molecular complexity index is 747. The van der Waals surface area contributed by atoms with Crippen LogP contribution >= 0.6 is 0 Å². The minimum atomic E-state index is 0.857. The van der Waals surface area contributed by atoms with E-state index < -0.39 is 0 Å². The number of methoxy groups -OCH3 is 2. The Morgan fingerprint density at radius 3 is 2.50 bits per heavy atom. The number of rotatable bonds is 3. The van der Waals surface area contributed by atoms with Gasteiger partial charge in [0.1, 0.15) is 11.5 Å². The lowest BCUT2D eigenvalue weighted by atomic mass is 10.0. The summed E-state index contributed by atoms with van der Waals surface area (Å²) >= 11 is 0. The van der Waals surface area contributed by atoms with E-state index in [9.17, 15) is 0 Å². The van der Waals surface area contributed by atoms with Crippen LogP contribution in [0.4, 0.5) is 0 Å². The van der Waals surface area contributed by atoms with Gasteiger partial charge in [-0.1, -0.05) is 36.4 Å². The minimum Gasteiger partial charge on any atom is -0.497 e. The average Bonchev–Trinajstić information content (AvgIpc) is 2.53. The molecule has 1 radical (unpaired) electrons. The summed E-state index contributed by atoms with van der Waals surface area (Å²) < 4.78 is 10.6. The fourth-order valence-corrected chi connectivity index (χ4v) is 2.30. The van der Waals surface area contributed by atoms with Crippen LogP contribution in [0.1, 0.15) is 0 Å². The van der Waals surface area contributed by atoms with Crippen molar-refractivity contribution >= 4 is 10.8 Å². The van der Waals surface area contributed by atoms with Crippen molar-refractivity contribution in [2.24, 2.45) is 0 Å². The van der Waals surface area contributed by atoms with Gasteiger partial charge in [0.25, 0.3) is 0 Å². The molecule has 0 bridgehead atoms. The largest absolute Gasteiger partial charge is 0.497 e. The first-order valence-electron chi connectivity index (χ1n) is 6.45. The molecule has 0 spiro atoms. The van der Waals surface area contributed by atoms with Crippen molar-refractivity contribution in [3.63, 3.8) is 0 Å². The van der Waals surface area contributed by atoms with Crippen molar-refractivity contribution in [1.29, 1.82) is 0 Å². The molecule has 0 fully saturated rings. The zero-order chi connectivity index (χ0) is 13.9. The van der Waals surface area contributed by atoms with E-state index in [-0.39, 0.29) is 0 Å². The molecule has 0 N–H and O–H groups in total. The third-order valence-corrected chi connectivity index (χ3v) is 3.35. The van der Waals surface area contributed by atoms with Gasteiger partial charge < -0.3 is 9.47 Å². The monoisotopic (exact) mass is 263 g/mol. The Balaban J connectivity index is 2.13. The van der Waals surface area contributed by atoms with Crippen LogP contribution in [0, 0.1) is 6.07 Å². The lowest BCUT2D eigenvalue weighted by Gasteiger charge is -2.09. The molecular formula is C18H15O2. The Morgan fingerprint density at radius 1 is 0.850 bits per heavy atom. The molecule has 2 nitrogen and oxygen atoms in total. The van der Waals surface area contributed by atoms with Crippen LogP contribution in [-0.2, 0) is 0 Å². The van der Waals surface area contributed by atoms with E-state index in [4.69, 9.17) is 9.47 Å². The third kappa shape index (κ3) is 2.21. The van der Waals surface area contributed by atoms with E-state index in [0.29, 0.717) is 0 Å². The fraction of sp³-hybridized carbons (Fsp3) is 0.111. The molecule has 0 unspecified atom stereocenters. The summed E-state index contributed by atoms with van der Waals surface area (Å²) in [5.41, 5.74) is 2.08. The molecular weight excluding hydrogens is 248 g/mol. The lowest BCUT2D eigenvalue weighted by molar-refractivity contribution is 0.415. The zero-order valence-corrected chi connectivity index (χ0v) is 11.5. The fourth-order valence-electron chi connectivity index (χ4n) is 2.30. The molecule has 0 aliphatic heterocycles. The Kier molecular flexibility index (Phi) is 3.30. The van der Waals surface area contributed by atoms with Crippen LogP contribution in [0.25, 0.3) is 21.9 Å². The Hall–Kier alpha value is -2.48. The Labute approximate surface area is 118 Å². The summed E-state index contributed by atoms with van der Waals surface area (Å²) in [4.78, 5) is 0. The van der Waals surface area contributed by atoms with Gasteiger partial charge in [-0.25, -0.2) is 0 Å². The summed E-state index contributed by atoms with van der Waals surface area (Å²) in [6.07, 6.45) is 0. The van der Waals surface area contributed by atoms with E-state index in [1.54, 1.807) is 14.2 Å². The van der Waals surface area contributed by atoms with E-state index in [1.165, 1.54) is 0 Å². The van der Waals surface area contributed by atoms with Crippen molar-refractivity contribution in [2.75, 3.05) is 14.2 Å². The molecule has 0 aliphatic carbocycles. The van der Waals surface area contributed by atoms with Gasteiger partial charge in [-0.2, -0.15) is 0 Å². The molecule has 99 valence electrons. The van der Waals surface area contributed by atoms with Crippen molar-refractivity contribution in [3.8, 4) is 22.6 Å². The van der Waals surface area contributed by atoms with Crippen molar-refractivity contribution in [3.05, 3.63) is 60.7 Å². The van der Waals surface area contributed by atoms with Crippen LogP contribution in [0.15, 0.2) is 54.6 Å². The molecule has 0 aromatic heterocycles. The van der Waals surface area contributed by atoms with Gasteiger partial charge in [0.05, 0.1) is 14.2 Å². The minimum absolute atomic E-state index is 0.857. The number of para-hydroxylation sites is 1. The molecule has 3 aromatic rings. The predicted molar refractivity (Wildman–Crippen MR) is 81.3 cm³/mol. The van der Waals surface area contributed by atoms with Gasteiger partial charge in [0.15, 0.2) is 0 Å². The third-order valence-electron chi connectivity index (χ3n) is 3.35. The second-order valence-corrected chi connectivity index (χ2v) is 4.53. The van der Waals surface area contributed by atoms with Gasteiger partial charge in [0, 0.05) is 5.56 Å². The molecule has 3 rings (SSSR count). The summed E-state index contributed by atoms with van der Waals surface area (Å²) in [7, 11) is 3.36. The van der Waals surface area contributed by atoms with Gasteiger partial charge in [-0.3, -0.25) is 0 Å². The Morgan fingerprint density at radius 2 is 1.70 bits per heavy atom. The zero-order valence-electron chi connectivity index (χ0n) is 11.5. The van der Waals surface area contributed by atoms with Crippen molar-refractivity contribution in [2.45, 2.75) is 0 Å². The molecule has 0 saturated heterocycles. The molecule has 2 heteroatoms. The van der Waals surface area contributed by atoms with Crippen LogP contribution < -0.4 is 9.47 Å². The van der Waals surface area contributed by atoms with Crippen LogP contribution in [0.3, 0.4) is 0 Å². The number of ether oxygens (including phenoxy) is 2. The van der Waals surface area contributed by atoms with E-state index >= 15 is 0 Å². The van der Waals surface area contributed by atoms with Gasteiger partial charge >= 0.3 is 0 Å². The molecule has 0 atom stereocenters. The normalized spacial score (nSPS) is 10.5. The maximum atomic E-state index is 5.41.